The van der Waals surface area contributed by atoms with Crippen molar-refractivity contribution in [1.29, 1.82) is 0 Å². The zero-order valence-electron chi connectivity index (χ0n) is 13.7. The van der Waals surface area contributed by atoms with Crippen LogP contribution < -0.4 is 16.8 Å². The number of guanidine groups is 1. The van der Waals surface area contributed by atoms with Gasteiger partial charge in [-0.2, -0.15) is 0 Å². The molecule has 2 aromatic rings. The fraction of sp³-hybridized carbons (Fsp3) is 0.316. The van der Waals surface area contributed by atoms with Crippen molar-refractivity contribution in [1.82, 2.24) is 10.2 Å². The molecule has 1 atom stereocenters. The van der Waals surface area contributed by atoms with Crippen LogP contribution >= 0.6 is 0 Å². The van der Waals surface area contributed by atoms with Gasteiger partial charge in [0.1, 0.15) is 5.82 Å². The van der Waals surface area contributed by atoms with E-state index in [4.69, 9.17) is 11.5 Å². The van der Waals surface area contributed by atoms with Crippen molar-refractivity contribution in [3.8, 4) is 0 Å². The summed E-state index contributed by atoms with van der Waals surface area (Å²) in [5, 5.41) is 5.53. The summed E-state index contributed by atoms with van der Waals surface area (Å²) in [5.74, 6) is 1.34. The largest absolute Gasteiger partial charge is 0.370 e. The van der Waals surface area contributed by atoms with E-state index in [1.54, 1.807) is 0 Å². The third-order valence-electron chi connectivity index (χ3n) is 4.83. The summed E-state index contributed by atoms with van der Waals surface area (Å²) >= 11 is 0. The van der Waals surface area contributed by atoms with Crippen molar-refractivity contribution in [2.24, 2.45) is 16.5 Å². The number of rotatable bonds is 2. The average molecular weight is 321 g/mol. The van der Waals surface area contributed by atoms with Crippen LogP contribution in [0, 0.1) is 0 Å². The second kappa shape index (κ2) is 5.83. The minimum Gasteiger partial charge on any atom is -0.370 e. The first-order valence-electron chi connectivity index (χ1n) is 8.52. The van der Waals surface area contributed by atoms with E-state index in [1.807, 2.05) is 24.3 Å². The Balaban J connectivity index is 1.74. The number of nitrogens with two attached hydrogens (primary N) is 2. The van der Waals surface area contributed by atoms with Crippen molar-refractivity contribution in [3.05, 3.63) is 59.9 Å². The summed E-state index contributed by atoms with van der Waals surface area (Å²) in [7, 11) is 0. The highest BCUT2D eigenvalue weighted by Gasteiger charge is 2.31. The SMILES string of the molecule is NC1=NC(N)(c2ccc3ccccc3c2)C=C(N2CCCCC2)N1. The van der Waals surface area contributed by atoms with E-state index in [1.165, 1.54) is 24.6 Å². The van der Waals surface area contributed by atoms with Gasteiger partial charge in [-0.15, -0.1) is 0 Å². The van der Waals surface area contributed by atoms with E-state index in [0.717, 1.165) is 29.9 Å². The Labute approximate surface area is 142 Å². The van der Waals surface area contributed by atoms with Gasteiger partial charge in [0.05, 0.1) is 0 Å². The predicted molar refractivity (Wildman–Crippen MR) is 98.1 cm³/mol. The van der Waals surface area contributed by atoms with E-state index in [2.05, 4.69) is 39.5 Å². The molecule has 0 amide bonds. The maximum Gasteiger partial charge on any atom is 0.196 e. The number of likely N-dealkylation sites (tertiary alicyclic amines) is 1. The van der Waals surface area contributed by atoms with E-state index in [-0.39, 0.29) is 0 Å². The minimum atomic E-state index is -0.938. The van der Waals surface area contributed by atoms with E-state index < -0.39 is 5.66 Å². The molecule has 0 bridgehead atoms. The van der Waals surface area contributed by atoms with Crippen LogP contribution in [-0.4, -0.2) is 23.9 Å². The first-order chi connectivity index (χ1) is 11.6. The maximum atomic E-state index is 6.65. The first-order valence-corrected chi connectivity index (χ1v) is 8.52. The number of hydrogen-bond acceptors (Lipinski definition) is 5. The Morgan fingerprint density at radius 1 is 1.00 bits per heavy atom. The Hall–Kier alpha value is -2.53. The molecule has 124 valence electrons. The fourth-order valence-electron chi connectivity index (χ4n) is 3.53. The Morgan fingerprint density at radius 2 is 1.75 bits per heavy atom. The van der Waals surface area contributed by atoms with Crippen molar-refractivity contribution < 1.29 is 0 Å². The summed E-state index contributed by atoms with van der Waals surface area (Å²) in [5.41, 5.74) is 12.7. The summed E-state index contributed by atoms with van der Waals surface area (Å²) in [6.07, 6.45) is 5.68. The molecule has 0 radical (unpaired) electrons. The Morgan fingerprint density at radius 3 is 2.54 bits per heavy atom. The average Bonchev–Trinajstić information content (AvgIpc) is 2.61. The number of benzene rings is 2. The van der Waals surface area contributed by atoms with Crippen molar-refractivity contribution in [2.45, 2.75) is 24.9 Å². The molecule has 4 rings (SSSR count). The molecule has 1 fully saturated rings. The van der Waals surface area contributed by atoms with Crippen LogP contribution in [0.4, 0.5) is 0 Å². The molecule has 0 saturated carbocycles. The topological polar surface area (TPSA) is 79.7 Å². The molecule has 24 heavy (non-hydrogen) atoms. The maximum absolute atomic E-state index is 6.65. The molecule has 2 aliphatic heterocycles. The molecule has 0 aliphatic carbocycles. The van der Waals surface area contributed by atoms with Crippen molar-refractivity contribution in [3.63, 3.8) is 0 Å². The van der Waals surface area contributed by atoms with Crippen LogP contribution in [0.25, 0.3) is 10.8 Å². The molecular formula is C19H23N5. The van der Waals surface area contributed by atoms with Crippen molar-refractivity contribution in [2.75, 3.05) is 13.1 Å². The molecule has 5 heteroatoms. The first kappa shape index (κ1) is 15.0. The third kappa shape index (κ3) is 2.71. The Bertz CT molecular complexity index is 819. The van der Waals surface area contributed by atoms with Gasteiger partial charge in [0.25, 0.3) is 0 Å². The zero-order valence-corrected chi connectivity index (χ0v) is 13.7. The molecule has 0 spiro atoms. The molecule has 5 N–H and O–H groups in total. The second-order valence-electron chi connectivity index (χ2n) is 6.59. The normalized spacial score (nSPS) is 24.3. The Kier molecular flexibility index (Phi) is 3.65. The lowest BCUT2D eigenvalue weighted by Crippen LogP contribution is -2.49. The molecule has 0 aromatic heterocycles. The minimum absolute atomic E-state index is 0.369. The number of nitrogens with zero attached hydrogens (tertiary/aromatic N) is 2. The van der Waals surface area contributed by atoms with Crippen LogP contribution in [0.5, 0.6) is 0 Å². The molecule has 2 aromatic carbocycles. The molecule has 1 unspecified atom stereocenters. The van der Waals surface area contributed by atoms with Crippen molar-refractivity contribution >= 4 is 16.7 Å². The highest BCUT2D eigenvalue weighted by molar-refractivity contribution is 5.84. The summed E-state index contributed by atoms with van der Waals surface area (Å²) < 4.78 is 0. The lowest BCUT2D eigenvalue weighted by molar-refractivity contribution is 0.269. The molecule has 2 heterocycles. The number of fused-ring (bicyclic) bond motifs is 1. The van der Waals surface area contributed by atoms with Crippen LogP contribution in [0.2, 0.25) is 0 Å². The number of piperidine rings is 1. The zero-order chi connectivity index (χ0) is 16.6. The highest BCUT2D eigenvalue weighted by Crippen LogP contribution is 2.29. The molecule has 2 aliphatic rings. The van der Waals surface area contributed by atoms with E-state index in [9.17, 15) is 0 Å². The van der Waals surface area contributed by atoms with Gasteiger partial charge in [0, 0.05) is 19.2 Å². The molecule has 5 nitrogen and oxygen atoms in total. The fourth-order valence-corrected chi connectivity index (χ4v) is 3.53. The number of hydrogen-bond donors (Lipinski definition) is 3. The van der Waals surface area contributed by atoms with Gasteiger partial charge in [-0.05, 0) is 41.7 Å². The predicted octanol–water partition coefficient (Wildman–Crippen LogP) is 2.20. The van der Waals surface area contributed by atoms with E-state index >= 15 is 0 Å². The van der Waals surface area contributed by atoms with E-state index in [0.29, 0.717) is 5.96 Å². The van der Waals surface area contributed by atoms with Gasteiger partial charge in [0.2, 0.25) is 0 Å². The highest BCUT2D eigenvalue weighted by atomic mass is 15.3. The second-order valence-corrected chi connectivity index (χ2v) is 6.59. The summed E-state index contributed by atoms with van der Waals surface area (Å²) in [6, 6.07) is 14.5. The van der Waals surface area contributed by atoms with Gasteiger partial charge in [-0.3, -0.25) is 5.73 Å². The lowest BCUT2D eigenvalue weighted by Gasteiger charge is -2.36. The standard InChI is InChI=1S/C19H23N5/c20-18-22-17(24-10-4-1-5-11-24)13-19(21,23-18)16-9-8-14-6-2-3-7-15(14)12-16/h2-3,6-9,12-13H,1,4-5,10-11,21H2,(H3,20,22,23). The number of aliphatic imine (C=N–C) groups is 1. The molecular weight excluding hydrogens is 298 g/mol. The van der Waals surface area contributed by atoms with Crippen LogP contribution in [0.1, 0.15) is 24.8 Å². The van der Waals surface area contributed by atoms with Crippen LogP contribution in [-0.2, 0) is 5.66 Å². The quantitative estimate of drug-likeness (QED) is 0.792. The van der Waals surface area contributed by atoms with Gasteiger partial charge in [-0.25, -0.2) is 4.99 Å². The number of nitrogens with one attached hydrogen (secondary N) is 1. The summed E-state index contributed by atoms with van der Waals surface area (Å²) in [6.45, 7) is 2.06. The van der Waals surface area contributed by atoms with Gasteiger partial charge >= 0.3 is 0 Å². The lowest BCUT2D eigenvalue weighted by atomic mass is 9.96. The van der Waals surface area contributed by atoms with Crippen LogP contribution in [0.3, 0.4) is 0 Å². The van der Waals surface area contributed by atoms with Gasteiger partial charge < -0.3 is 16.0 Å². The third-order valence-corrected chi connectivity index (χ3v) is 4.83. The smallest absolute Gasteiger partial charge is 0.196 e. The van der Waals surface area contributed by atoms with Gasteiger partial charge in [-0.1, -0.05) is 36.4 Å². The monoisotopic (exact) mass is 321 g/mol. The summed E-state index contributed by atoms with van der Waals surface area (Å²) in [4.78, 5) is 6.81. The van der Waals surface area contributed by atoms with Crippen LogP contribution in [0.15, 0.2) is 59.4 Å². The molecule has 1 saturated heterocycles. The van der Waals surface area contributed by atoms with Gasteiger partial charge in [0.15, 0.2) is 11.6 Å².